The molecule has 1 aromatic heterocycles. The van der Waals surface area contributed by atoms with E-state index < -0.39 is 21.2 Å². The van der Waals surface area contributed by atoms with Crippen LogP contribution in [0.5, 0.6) is 5.75 Å². The molecule has 0 aliphatic heterocycles. The number of aromatic nitrogens is 1. The van der Waals surface area contributed by atoms with E-state index in [-0.39, 0.29) is 13.0 Å². The number of rotatable bonds is 9. The molecule has 0 unspecified atom stereocenters. The van der Waals surface area contributed by atoms with Crippen molar-refractivity contribution in [1.82, 2.24) is 3.97 Å². The Balaban J connectivity index is 1.83. The first-order valence-electron chi connectivity index (χ1n) is 11.3. The normalized spacial score (nSPS) is 11.8. The molecule has 3 aromatic carbocycles. The zero-order valence-corrected chi connectivity index (χ0v) is 20.5. The number of nitrogens with zero attached hydrogens (tertiary/aromatic N) is 1. The molecule has 4 rings (SSSR count). The summed E-state index contributed by atoms with van der Waals surface area (Å²) in [5, 5.41) is 9.42. The molecule has 0 atom stereocenters. The number of para-hydroxylation sites is 1. The largest absolute Gasteiger partial charge is 0.489 e. The highest BCUT2D eigenvalue weighted by Crippen LogP contribution is 2.33. The minimum absolute atomic E-state index is 0.142. The Labute approximate surface area is 204 Å². The van der Waals surface area contributed by atoms with Gasteiger partial charge in [-0.25, -0.2) is 12.4 Å². The molecule has 182 valence electrons. The summed E-state index contributed by atoms with van der Waals surface area (Å²) in [6.45, 7) is 3.84. The number of carboxylic acids is 1. The molecule has 0 spiro atoms. The van der Waals surface area contributed by atoms with Crippen molar-refractivity contribution < 1.29 is 23.1 Å². The van der Waals surface area contributed by atoms with Gasteiger partial charge in [0.15, 0.2) is 0 Å². The molecule has 7 nitrogen and oxygen atoms in total. The van der Waals surface area contributed by atoms with Gasteiger partial charge in [0.05, 0.1) is 17.2 Å². The van der Waals surface area contributed by atoms with Gasteiger partial charge in [0.2, 0.25) is 10.0 Å². The summed E-state index contributed by atoms with van der Waals surface area (Å²) in [6, 6.07) is 20.4. The third kappa shape index (κ3) is 5.08. The number of carboxylic acid groups (broad SMARTS) is 1. The second-order valence-corrected chi connectivity index (χ2v) is 11.0. The van der Waals surface area contributed by atoms with E-state index in [1.807, 2.05) is 42.5 Å². The summed E-state index contributed by atoms with van der Waals surface area (Å²) in [6.07, 6.45) is 1.44. The smallest absolute Gasteiger partial charge is 0.307 e. The van der Waals surface area contributed by atoms with Crippen LogP contribution < -0.4 is 10.5 Å². The molecular weight excluding hydrogens is 464 g/mol. The molecule has 0 radical (unpaired) electrons. The summed E-state index contributed by atoms with van der Waals surface area (Å²) in [5.41, 5.74) is 10.5. The Hall–Kier alpha value is -3.62. The number of hydrogen-bond donors (Lipinski definition) is 2. The van der Waals surface area contributed by atoms with E-state index in [2.05, 4.69) is 0 Å². The lowest BCUT2D eigenvalue weighted by atomic mass is 9.97. The molecule has 35 heavy (non-hydrogen) atoms. The Morgan fingerprint density at radius 3 is 2.51 bits per heavy atom. The van der Waals surface area contributed by atoms with Gasteiger partial charge in [0.25, 0.3) is 0 Å². The van der Waals surface area contributed by atoms with Gasteiger partial charge >= 0.3 is 5.97 Å². The van der Waals surface area contributed by atoms with Gasteiger partial charge < -0.3 is 15.6 Å². The van der Waals surface area contributed by atoms with Crippen molar-refractivity contribution in [3.8, 4) is 16.9 Å². The number of benzene rings is 3. The van der Waals surface area contributed by atoms with Gasteiger partial charge in [0, 0.05) is 23.7 Å². The molecule has 4 aromatic rings. The zero-order chi connectivity index (χ0) is 25.2. The molecule has 0 bridgehead atoms. The van der Waals surface area contributed by atoms with Gasteiger partial charge in [-0.15, -0.1) is 0 Å². The minimum atomic E-state index is -3.59. The third-order valence-electron chi connectivity index (χ3n) is 5.88. The molecule has 8 heteroatoms. The molecule has 0 aliphatic carbocycles. The standard InChI is InChI=1S/C27H28N2O5S/c1-18(2)35(32,33)29-11-10-23-24(21-8-5-6-19(12-21)16-28)13-20(14-25(23)29)17-34-26-9-4-3-7-22(26)15-27(30)31/h3-14,18H,15-17,28H2,1-2H3,(H,30,31). The second-order valence-electron chi connectivity index (χ2n) is 8.65. The van der Waals surface area contributed by atoms with Crippen molar-refractivity contribution in [2.75, 3.05) is 0 Å². The van der Waals surface area contributed by atoms with Crippen LogP contribution >= 0.6 is 0 Å². The fraction of sp³-hybridized carbons (Fsp3) is 0.222. The van der Waals surface area contributed by atoms with Crippen LogP contribution in [0.25, 0.3) is 22.0 Å². The van der Waals surface area contributed by atoms with Crippen LogP contribution in [0, 0.1) is 0 Å². The summed E-state index contributed by atoms with van der Waals surface area (Å²) in [4.78, 5) is 11.2. The van der Waals surface area contributed by atoms with Crippen LogP contribution in [0.4, 0.5) is 0 Å². The average molecular weight is 493 g/mol. The van der Waals surface area contributed by atoms with Gasteiger partial charge in [-0.05, 0) is 66.4 Å². The lowest BCUT2D eigenvalue weighted by Gasteiger charge is -2.15. The maximum atomic E-state index is 13.1. The molecule has 3 N–H and O–H groups in total. The predicted octanol–water partition coefficient (Wildman–Crippen LogP) is 4.56. The number of fused-ring (bicyclic) bond motifs is 1. The monoisotopic (exact) mass is 492 g/mol. The van der Waals surface area contributed by atoms with Crippen molar-refractivity contribution in [1.29, 1.82) is 0 Å². The van der Waals surface area contributed by atoms with Crippen molar-refractivity contribution in [3.63, 3.8) is 0 Å². The summed E-state index contributed by atoms with van der Waals surface area (Å²) in [5.74, 6) is -0.465. The van der Waals surface area contributed by atoms with E-state index in [1.165, 1.54) is 3.97 Å². The predicted molar refractivity (Wildman–Crippen MR) is 137 cm³/mol. The molecule has 0 saturated carbocycles. The second kappa shape index (κ2) is 9.93. The summed E-state index contributed by atoms with van der Waals surface area (Å²) < 4.78 is 33.4. The molecule has 0 saturated heterocycles. The Bertz CT molecular complexity index is 1490. The first kappa shape index (κ1) is 24.5. The summed E-state index contributed by atoms with van der Waals surface area (Å²) in [7, 11) is -3.59. The number of aliphatic carboxylic acids is 1. The molecule has 1 heterocycles. The first-order chi connectivity index (χ1) is 16.7. The number of ether oxygens (including phenoxy) is 1. The maximum Gasteiger partial charge on any atom is 0.307 e. The highest BCUT2D eigenvalue weighted by atomic mass is 32.2. The van der Waals surface area contributed by atoms with Crippen molar-refractivity contribution in [2.45, 2.75) is 38.7 Å². The highest BCUT2D eigenvalue weighted by molar-refractivity contribution is 7.90. The molecule has 0 amide bonds. The quantitative estimate of drug-likeness (QED) is 0.354. The van der Waals surface area contributed by atoms with E-state index in [1.54, 1.807) is 44.3 Å². The van der Waals surface area contributed by atoms with Crippen molar-refractivity contribution in [2.24, 2.45) is 5.73 Å². The Kier molecular flexibility index (Phi) is 6.95. The summed E-state index contributed by atoms with van der Waals surface area (Å²) >= 11 is 0. The fourth-order valence-electron chi connectivity index (χ4n) is 4.03. The van der Waals surface area contributed by atoms with Crippen LogP contribution in [-0.2, 0) is 34.4 Å². The highest BCUT2D eigenvalue weighted by Gasteiger charge is 2.22. The van der Waals surface area contributed by atoms with Crippen molar-refractivity contribution >= 4 is 26.9 Å². The first-order valence-corrected chi connectivity index (χ1v) is 12.8. The number of nitrogens with two attached hydrogens (primary N) is 1. The zero-order valence-electron chi connectivity index (χ0n) is 19.6. The van der Waals surface area contributed by atoms with Crippen LogP contribution in [0.15, 0.2) is 72.9 Å². The van der Waals surface area contributed by atoms with Gasteiger partial charge in [-0.1, -0.05) is 36.4 Å². The Morgan fingerprint density at radius 1 is 1.03 bits per heavy atom. The molecule has 0 fully saturated rings. The van der Waals surface area contributed by atoms with E-state index in [0.29, 0.717) is 23.4 Å². The SMILES string of the molecule is CC(C)S(=O)(=O)n1ccc2c(-c3cccc(CN)c3)cc(COc3ccccc3CC(=O)O)cc21. The van der Waals surface area contributed by atoms with Gasteiger partial charge in [0.1, 0.15) is 12.4 Å². The fourth-order valence-corrected chi connectivity index (χ4v) is 5.14. The van der Waals surface area contributed by atoms with Crippen LogP contribution in [0.3, 0.4) is 0 Å². The van der Waals surface area contributed by atoms with Crippen molar-refractivity contribution in [3.05, 3.63) is 89.6 Å². The minimum Gasteiger partial charge on any atom is -0.489 e. The lowest BCUT2D eigenvalue weighted by molar-refractivity contribution is -0.136. The molecular formula is C27H28N2O5S. The van der Waals surface area contributed by atoms with E-state index in [0.717, 1.165) is 27.6 Å². The number of carbonyl (C=O) groups is 1. The van der Waals surface area contributed by atoms with Gasteiger partial charge in [-0.2, -0.15) is 0 Å². The van der Waals surface area contributed by atoms with Crippen LogP contribution in [0.1, 0.15) is 30.5 Å². The van der Waals surface area contributed by atoms with Crippen LogP contribution in [0.2, 0.25) is 0 Å². The van der Waals surface area contributed by atoms with E-state index >= 15 is 0 Å². The number of hydrogen-bond acceptors (Lipinski definition) is 5. The third-order valence-corrected chi connectivity index (χ3v) is 7.94. The van der Waals surface area contributed by atoms with Gasteiger partial charge in [-0.3, -0.25) is 4.79 Å². The van der Waals surface area contributed by atoms with E-state index in [4.69, 9.17) is 10.5 Å². The Morgan fingerprint density at radius 2 is 1.80 bits per heavy atom. The van der Waals surface area contributed by atoms with E-state index in [9.17, 15) is 18.3 Å². The lowest BCUT2D eigenvalue weighted by Crippen LogP contribution is -2.21. The molecule has 0 aliphatic rings. The maximum absolute atomic E-state index is 13.1. The average Bonchev–Trinajstić information content (AvgIpc) is 3.27. The van der Waals surface area contributed by atoms with Crippen LogP contribution in [-0.4, -0.2) is 28.7 Å². The topological polar surface area (TPSA) is 112 Å².